The van der Waals surface area contributed by atoms with Gasteiger partial charge < -0.3 is 18.9 Å². The van der Waals surface area contributed by atoms with Gasteiger partial charge in [0.2, 0.25) is 5.75 Å². The highest BCUT2D eigenvalue weighted by molar-refractivity contribution is 14.1. The predicted molar refractivity (Wildman–Crippen MR) is 122 cm³/mol. The summed E-state index contributed by atoms with van der Waals surface area (Å²) in [7, 11) is 4.88. The number of fused-ring (bicyclic) bond motifs is 1. The third-order valence-corrected chi connectivity index (χ3v) is 5.42. The number of rotatable bonds is 6. The van der Waals surface area contributed by atoms with Gasteiger partial charge >= 0.3 is 0 Å². The number of halogens is 1. The lowest BCUT2D eigenvalue weighted by molar-refractivity contribution is 0.159. The minimum Gasteiger partial charge on any atom is -0.493 e. The zero-order valence-corrected chi connectivity index (χ0v) is 19.0. The Morgan fingerprint density at radius 3 is 2.29 bits per heavy atom. The van der Waals surface area contributed by atoms with Crippen molar-refractivity contribution in [3.63, 3.8) is 0 Å². The van der Waals surface area contributed by atoms with Crippen LogP contribution < -0.4 is 18.9 Å². The minimum absolute atomic E-state index is 0.271. The number of benzene rings is 2. The number of allylic oxidation sites excluding steroid dienone is 1. The van der Waals surface area contributed by atoms with Gasteiger partial charge in [0.05, 0.1) is 21.3 Å². The van der Waals surface area contributed by atoms with E-state index >= 15 is 0 Å². The van der Waals surface area contributed by atoms with Crippen molar-refractivity contribution in [2.45, 2.75) is 25.9 Å². The Hall–Kier alpha value is -2.15. The van der Waals surface area contributed by atoms with Crippen LogP contribution in [0.5, 0.6) is 23.0 Å². The fraction of sp³-hybridized carbons (Fsp3) is 0.304. The quantitative estimate of drug-likeness (QED) is 0.470. The zero-order chi connectivity index (χ0) is 20.3. The summed E-state index contributed by atoms with van der Waals surface area (Å²) in [6, 6.07) is 10.3. The maximum atomic E-state index is 6.04. The second kappa shape index (κ2) is 8.47. The second-order valence-corrected chi connectivity index (χ2v) is 7.76. The first-order valence-corrected chi connectivity index (χ1v) is 10.3. The van der Waals surface area contributed by atoms with Crippen LogP contribution in [0.3, 0.4) is 0 Å². The summed E-state index contributed by atoms with van der Waals surface area (Å²) in [4.78, 5) is 0. The van der Waals surface area contributed by atoms with E-state index in [-0.39, 0.29) is 5.60 Å². The minimum atomic E-state index is -0.271. The van der Waals surface area contributed by atoms with Crippen molar-refractivity contribution in [2.75, 3.05) is 21.3 Å². The molecule has 1 aliphatic heterocycles. The highest BCUT2D eigenvalue weighted by Crippen LogP contribution is 2.40. The summed E-state index contributed by atoms with van der Waals surface area (Å²) in [5, 5.41) is 0. The summed E-state index contributed by atoms with van der Waals surface area (Å²) >= 11 is 2.29. The normalized spacial score (nSPS) is 14.9. The molecule has 0 radical (unpaired) electrons. The fourth-order valence-corrected chi connectivity index (χ4v) is 3.82. The van der Waals surface area contributed by atoms with E-state index in [1.807, 2.05) is 18.2 Å². The molecule has 0 N–H and O–H groups in total. The topological polar surface area (TPSA) is 36.9 Å². The summed E-state index contributed by atoms with van der Waals surface area (Å²) in [6.45, 7) is 4.11. The van der Waals surface area contributed by atoms with E-state index in [9.17, 15) is 0 Å². The Labute approximate surface area is 180 Å². The summed E-state index contributed by atoms with van der Waals surface area (Å²) < 4.78 is 24.5. The van der Waals surface area contributed by atoms with Crippen LogP contribution in [0.2, 0.25) is 0 Å². The Kier molecular flexibility index (Phi) is 6.23. The van der Waals surface area contributed by atoms with Crippen molar-refractivity contribution < 1.29 is 18.9 Å². The molecule has 1 heterocycles. The molecule has 0 aliphatic carbocycles. The monoisotopic (exact) mass is 492 g/mol. The molecule has 0 spiro atoms. The molecule has 0 saturated heterocycles. The van der Waals surface area contributed by atoms with Crippen LogP contribution >= 0.6 is 22.6 Å². The first-order chi connectivity index (χ1) is 13.4. The highest BCUT2D eigenvalue weighted by Gasteiger charge is 2.22. The van der Waals surface area contributed by atoms with Gasteiger partial charge in [-0.25, -0.2) is 0 Å². The van der Waals surface area contributed by atoms with E-state index < -0.39 is 0 Å². The largest absolute Gasteiger partial charge is 0.493 e. The Morgan fingerprint density at radius 1 is 1.04 bits per heavy atom. The first-order valence-electron chi connectivity index (χ1n) is 9.01. The van der Waals surface area contributed by atoms with E-state index in [1.54, 1.807) is 21.3 Å². The Bertz CT molecular complexity index is 903. The molecular weight excluding hydrogens is 467 g/mol. The van der Waals surface area contributed by atoms with Crippen molar-refractivity contribution in [3.05, 3.63) is 57.2 Å². The van der Waals surface area contributed by atoms with Crippen LogP contribution in [-0.4, -0.2) is 26.9 Å². The SMILES string of the molecule is COc1cc(CC(=CI)c2ccc3c(c2)C=CC(C)(C)O3)cc(OC)c1OC. The number of ether oxygens (including phenoxy) is 4. The van der Waals surface area contributed by atoms with Gasteiger partial charge in [0, 0.05) is 5.56 Å². The van der Waals surface area contributed by atoms with Gasteiger partial charge in [-0.2, -0.15) is 0 Å². The number of hydrogen-bond donors (Lipinski definition) is 0. The summed E-state index contributed by atoms with van der Waals surface area (Å²) in [6.07, 6.45) is 4.97. The van der Waals surface area contributed by atoms with Gasteiger partial charge in [0.1, 0.15) is 11.4 Å². The summed E-state index contributed by atoms with van der Waals surface area (Å²) in [5.74, 6) is 2.84. The van der Waals surface area contributed by atoms with Gasteiger partial charge in [-0.1, -0.05) is 34.7 Å². The number of methoxy groups -OCH3 is 3. The first kappa shape index (κ1) is 20.6. The van der Waals surface area contributed by atoms with E-state index in [0.29, 0.717) is 17.2 Å². The second-order valence-electron chi connectivity index (χ2n) is 7.14. The molecule has 1 aliphatic rings. The van der Waals surface area contributed by atoms with Crippen molar-refractivity contribution in [1.29, 1.82) is 0 Å². The van der Waals surface area contributed by atoms with Crippen molar-refractivity contribution >= 4 is 34.2 Å². The predicted octanol–water partition coefficient (Wildman–Crippen LogP) is 5.92. The third kappa shape index (κ3) is 4.29. The van der Waals surface area contributed by atoms with E-state index in [1.165, 1.54) is 5.57 Å². The van der Waals surface area contributed by atoms with Crippen LogP contribution in [0, 0.1) is 0 Å². The van der Waals surface area contributed by atoms with Gasteiger partial charge in [0.25, 0.3) is 0 Å². The summed E-state index contributed by atoms with van der Waals surface area (Å²) in [5.41, 5.74) is 4.28. The maximum Gasteiger partial charge on any atom is 0.203 e. The molecule has 3 rings (SSSR count). The molecule has 0 aromatic heterocycles. The molecule has 28 heavy (non-hydrogen) atoms. The van der Waals surface area contributed by atoms with Crippen molar-refractivity contribution in [2.24, 2.45) is 0 Å². The Morgan fingerprint density at radius 2 is 1.71 bits per heavy atom. The molecular formula is C23H25IO4. The highest BCUT2D eigenvalue weighted by atomic mass is 127. The zero-order valence-electron chi connectivity index (χ0n) is 16.8. The van der Waals surface area contributed by atoms with Crippen LogP contribution in [0.1, 0.15) is 30.5 Å². The van der Waals surface area contributed by atoms with Gasteiger partial charge in [-0.15, -0.1) is 0 Å². The van der Waals surface area contributed by atoms with E-state index in [2.05, 4.69) is 64.8 Å². The Balaban J connectivity index is 1.92. The molecule has 0 atom stereocenters. The average Bonchev–Trinajstić information content (AvgIpc) is 2.70. The fourth-order valence-electron chi connectivity index (χ4n) is 3.24. The number of hydrogen-bond acceptors (Lipinski definition) is 4. The third-order valence-electron chi connectivity index (χ3n) is 4.67. The molecule has 0 bridgehead atoms. The van der Waals surface area contributed by atoms with Crippen molar-refractivity contribution in [3.8, 4) is 23.0 Å². The van der Waals surface area contributed by atoms with E-state index in [0.717, 1.165) is 28.9 Å². The van der Waals surface area contributed by atoms with Crippen molar-refractivity contribution in [1.82, 2.24) is 0 Å². The molecule has 0 amide bonds. The average molecular weight is 492 g/mol. The standard InChI is InChI=1S/C23H25IO4/c1-23(2)9-8-17-13-16(6-7-19(17)28-23)18(14-24)10-15-11-20(25-3)22(27-5)21(12-15)26-4/h6-9,11-14H,10H2,1-5H3. The van der Waals surface area contributed by atoms with Gasteiger partial charge in [-0.05, 0) is 71.4 Å². The lowest BCUT2D eigenvalue weighted by Gasteiger charge is -2.28. The van der Waals surface area contributed by atoms with Crippen LogP contribution in [-0.2, 0) is 6.42 Å². The smallest absolute Gasteiger partial charge is 0.203 e. The lowest BCUT2D eigenvalue weighted by Crippen LogP contribution is -2.27. The molecule has 5 heteroatoms. The molecule has 0 saturated carbocycles. The molecule has 148 valence electrons. The van der Waals surface area contributed by atoms with Gasteiger partial charge in [-0.3, -0.25) is 0 Å². The molecule has 4 nitrogen and oxygen atoms in total. The van der Waals surface area contributed by atoms with Crippen LogP contribution in [0.15, 0.2) is 40.5 Å². The molecule has 2 aromatic rings. The van der Waals surface area contributed by atoms with E-state index in [4.69, 9.17) is 18.9 Å². The lowest BCUT2D eigenvalue weighted by atomic mass is 9.95. The maximum absolute atomic E-state index is 6.04. The van der Waals surface area contributed by atoms with Gasteiger partial charge in [0.15, 0.2) is 11.5 Å². The van der Waals surface area contributed by atoms with Crippen LogP contribution in [0.25, 0.3) is 11.6 Å². The molecule has 2 aromatic carbocycles. The van der Waals surface area contributed by atoms with Crippen LogP contribution in [0.4, 0.5) is 0 Å². The molecule has 0 fully saturated rings. The molecule has 0 unspecified atom stereocenters.